The van der Waals surface area contributed by atoms with E-state index in [1.54, 1.807) is 18.4 Å². The van der Waals surface area contributed by atoms with Crippen LogP contribution in [0.3, 0.4) is 0 Å². The second-order valence-electron chi connectivity index (χ2n) is 4.01. The molecule has 1 atom stereocenters. The van der Waals surface area contributed by atoms with Gasteiger partial charge in [0.05, 0.1) is 16.9 Å². The summed E-state index contributed by atoms with van der Waals surface area (Å²) in [6.07, 6.45) is 0. The Morgan fingerprint density at radius 1 is 1.28 bits per heavy atom. The maximum absolute atomic E-state index is 6.31. The summed E-state index contributed by atoms with van der Waals surface area (Å²) in [5.41, 5.74) is 9.51. The molecule has 1 aromatic heterocycles. The smallest absolute Gasteiger partial charge is 0.124 e. The van der Waals surface area contributed by atoms with Crippen molar-refractivity contribution in [1.82, 2.24) is 0 Å². The van der Waals surface area contributed by atoms with E-state index in [2.05, 4.69) is 37.2 Å². The zero-order valence-corrected chi connectivity index (χ0v) is 14.0. The first-order chi connectivity index (χ1) is 8.52. The van der Waals surface area contributed by atoms with Crippen molar-refractivity contribution in [3.8, 4) is 5.75 Å². The van der Waals surface area contributed by atoms with E-state index in [0.717, 1.165) is 30.7 Å². The Kier molecular flexibility index (Phi) is 4.48. The Balaban J connectivity index is 2.46. The summed E-state index contributed by atoms with van der Waals surface area (Å²) in [7, 11) is 1.67. The molecule has 0 aliphatic rings. The molecule has 1 aromatic carbocycles. The first-order valence-electron chi connectivity index (χ1n) is 5.36. The molecular weight excluding hydrogens is 378 g/mol. The van der Waals surface area contributed by atoms with Crippen molar-refractivity contribution in [2.75, 3.05) is 7.11 Å². The molecule has 96 valence electrons. The van der Waals surface area contributed by atoms with Crippen molar-refractivity contribution in [3.05, 3.63) is 48.5 Å². The van der Waals surface area contributed by atoms with E-state index >= 15 is 0 Å². The average molecular weight is 391 g/mol. The van der Waals surface area contributed by atoms with Crippen LogP contribution in [0.15, 0.2) is 31.8 Å². The molecule has 0 bridgehead atoms. The van der Waals surface area contributed by atoms with Gasteiger partial charge in [-0.3, -0.25) is 0 Å². The number of aryl methyl sites for hydroxylation is 1. The number of halogens is 2. The number of hydrogen-bond donors (Lipinski definition) is 1. The van der Waals surface area contributed by atoms with Gasteiger partial charge in [-0.15, -0.1) is 11.3 Å². The van der Waals surface area contributed by atoms with E-state index in [4.69, 9.17) is 10.5 Å². The molecular formula is C13H13Br2NOS. The van der Waals surface area contributed by atoms with E-state index in [1.807, 2.05) is 25.1 Å². The Morgan fingerprint density at radius 3 is 2.56 bits per heavy atom. The van der Waals surface area contributed by atoms with Crippen LogP contribution in [0.4, 0.5) is 0 Å². The molecule has 1 unspecified atom stereocenters. The topological polar surface area (TPSA) is 35.2 Å². The highest BCUT2D eigenvalue weighted by atomic mass is 79.9. The number of nitrogens with two attached hydrogens (primary N) is 1. The van der Waals surface area contributed by atoms with Crippen molar-refractivity contribution in [2.24, 2.45) is 5.73 Å². The van der Waals surface area contributed by atoms with Crippen molar-refractivity contribution in [1.29, 1.82) is 0 Å². The van der Waals surface area contributed by atoms with Crippen LogP contribution in [-0.4, -0.2) is 7.11 Å². The first-order valence-corrected chi connectivity index (χ1v) is 7.83. The lowest BCUT2D eigenvalue weighted by Crippen LogP contribution is -2.12. The van der Waals surface area contributed by atoms with Gasteiger partial charge in [0.15, 0.2) is 0 Å². The Morgan fingerprint density at radius 2 is 2.00 bits per heavy atom. The molecule has 1 heterocycles. The molecule has 2 rings (SSSR count). The van der Waals surface area contributed by atoms with Gasteiger partial charge in [-0.1, -0.05) is 15.9 Å². The van der Waals surface area contributed by atoms with E-state index < -0.39 is 0 Å². The highest BCUT2D eigenvalue weighted by Gasteiger charge is 2.17. The van der Waals surface area contributed by atoms with Crippen molar-refractivity contribution >= 4 is 43.2 Å². The fraction of sp³-hybridized carbons (Fsp3) is 0.231. The third-order valence-corrected chi connectivity index (χ3v) is 5.17. The van der Waals surface area contributed by atoms with E-state index in [1.165, 1.54) is 0 Å². The van der Waals surface area contributed by atoms with Gasteiger partial charge in [-0.05, 0) is 57.6 Å². The SMILES string of the molecule is COc1cc(C)c(Br)cc1C(N)c1csc(Br)c1. The molecule has 18 heavy (non-hydrogen) atoms. The standard InChI is InChI=1S/C13H13Br2NOS/c1-7-3-11(17-2)9(5-10(7)14)13(16)8-4-12(15)18-6-8/h3-6,13H,16H2,1-2H3. The van der Waals surface area contributed by atoms with Gasteiger partial charge in [0.25, 0.3) is 0 Å². The van der Waals surface area contributed by atoms with E-state index in [9.17, 15) is 0 Å². The number of thiophene rings is 1. The van der Waals surface area contributed by atoms with Gasteiger partial charge in [0.1, 0.15) is 5.75 Å². The number of rotatable bonds is 3. The zero-order valence-electron chi connectivity index (χ0n) is 10.0. The molecule has 2 N–H and O–H groups in total. The van der Waals surface area contributed by atoms with Crippen LogP contribution in [-0.2, 0) is 0 Å². The molecule has 0 saturated heterocycles. The Labute approximate surface area is 127 Å². The fourth-order valence-electron chi connectivity index (χ4n) is 1.76. The molecule has 0 aliphatic heterocycles. The van der Waals surface area contributed by atoms with Gasteiger partial charge >= 0.3 is 0 Å². The third-order valence-electron chi connectivity index (χ3n) is 2.79. The number of ether oxygens (including phenoxy) is 1. The third kappa shape index (κ3) is 2.79. The van der Waals surface area contributed by atoms with Crippen LogP contribution < -0.4 is 10.5 Å². The van der Waals surface area contributed by atoms with Crippen molar-refractivity contribution in [2.45, 2.75) is 13.0 Å². The Hall–Kier alpha value is -0.360. The molecule has 2 aromatic rings. The molecule has 0 spiro atoms. The predicted molar refractivity (Wildman–Crippen MR) is 83.5 cm³/mol. The van der Waals surface area contributed by atoms with E-state index in [0.29, 0.717) is 0 Å². The number of hydrogen-bond acceptors (Lipinski definition) is 3. The van der Waals surface area contributed by atoms with E-state index in [-0.39, 0.29) is 6.04 Å². The monoisotopic (exact) mass is 389 g/mol. The molecule has 0 fully saturated rings. The van der Waals surface area contributed by atoms with Crippen LogP contribution >= 0.6 is 43.2 Å². The summed E-state index contributed by atoms with van der Waals surface area (Å²) >= 11 is 8.63. The highest BCUT2D eigenvalue weighted by Crippen LogP contribution is 2.35. The first kappa shape index (κ1) is 14.1. The highest BCUT2D eigenvalue weighted by molar-refractivity contribution is 9.11. The molecule has 0 aliphatic carbocycles. The fourth-order valence-corrected chi connectivity index (χ4v) is 3.33. The molecule has 0 radical (unpaired) electrons. The van der Waals surface area contributed by atoms with Gasteiger partial charge in [0, 0.05) is 10.0 Å². The molecule has 5 heteroatoms. The van der Waals surface area contributed by atoms with Crippen LogP contribution in [0, 0.1) is 6.92 Å². The summed E-state index contributed by atoms with van der Waals surface area (Å²) in [6, 6.07) is 5.90. The van der Waals surface area contributed by atoms with Gasteiger partial charge in [-0.25, -0.2) is 0 Å². The number of benzene rings is 1. The minimum atomic E-state index is -0.181. The minimum Gasteiger partial charge on any atom is -0.496 e. The maximum Gasteiger partial charge on any atom is 0.124 e. The maximum atomic E-state index is 6.31. The summed E-state index contributed by atoms with van der Waals surface area (Å²) in [4.78, 5) is 0. The lowest BCUT2D eigenvalue weighted by atomic mass is 10.00. The normalized spacial score (nSPS) is 12.5. The molecule has 0 saturated carbocycles. The summed E-state index contributed by atoms with van der Waals surface area (Å²) < 4.78 is 7.55. The molecule has 2 nitrogen and oxygen atoms in total. The lowest BCUT2D eigenvalue weighted by Gasteiger charge is -2.16. The van der Waals surface area contributed by atoms with Crippen molar-refractivity contribution in [3.63, 3.8) is 0 Å². The average Bonchev–Trinajstić information content (AvgIpc) is 2.78. The summed E-state index contributed by atoms with van der Waals surface area (Å²) in [5, 5.41) is 2.06. The van der Waals surface area contributed by atoms with Crippen molar-refractivity contribution < 1.29 is 4.74 Å². The minimum absolute atomic E-state index is 0.181. The quantitative estimate of drug-likeness (QED) is 0.828. The van der Waals surface area contributed by atoms with Gasteiger partial charge < -0.3 is 10.5 Å². The lowest BCUT2D eigenvalue weighted by molar-refractivity contribution is 0.407. The summed E-state index contributed by atoms with van der Waals surface area (Å²) in [6.45, 7) is 2.03. The predicted octanol–water partition coefficient (Wildman–Crippen LogP) is 4.64. The van der Waals surface area contributed by atoms with Crippen LogP contribution in [0.5, 0.6) is 5.75 Å². The van der Waals surface area contributed by atoms with Crippen LogP contribution in [0.2, 0.25) is 0 Å². The van der Waals surface area contributed by atoms with Crippen LogP contribution in [0.25, 0.3) is 0 Å². The van der Waals surface area contributed by atoms with Gasteiger partial charge in [-0.2, -0.15) is 0 Å². The second-order valence-corrected chi connectivity index (χ2v) is 7.15. The molecule has 0 amide bonds. The largest absolute Gasteiger partial charge is 0.496 e. The second kappa shape index (κ2) is 5.74. The number of methoxy groups -OCH3 is 1. The summed E-state index contributed by atoms with van der Waals surface area (Å²) in [5.74, 6) is 0.825. The van der Waals surface area contributed by atoms with Crippen LogP contribution in [0.1, 0.15) is 22.7 Å². The zero-order chi connectivity index (χ0) is 13.3. The Bertz CT molecular complexity index is 568. The van der Waals surface area contributed by atoms with Gasteiger partial charge in [0.2, 0.25) is 0 Å².